The molecule has 0 radical (unpaired) electrons. The van der Waals surface area contributed by atoms with Crippen LogP contribution in [-0.2, 0) is 11.2 Å². The van der Waals surface area contributed by atoms with E-state index in [2.05, 4.69) is 32.4 Å². The van der Waals surface area contributed by atoms with Gasteiger partial charge in [-0.15, -0.1) is 16.4 Å². The van der Waals surface area contributed by atoms with E-state index in [1.54, 1.807) is 33.9 Å². The van der Waals surface area contributed by atoms with Gasteiger partial charge in [-0.05, 0) is 23.6 Å². The van der Waals surface area contributed by atoms with E-state index in [0.29, 0.717) is 12.1 Å². The normalized spacial score (nSPS) is 12.6. The monoisotopic (exact) mass is 380 g/mol. The van der Waals surface area contributed by atoms with Crippen LogP contribution in [0.4, 0.5) is 0 Å². The minimum Gasteiger partial charge on any atom is -0.357 e. The van der Waals surface area contributed by atoms with Crippen molar-refractivity contribution >= 4 is 34.2 Å². The summed E-state index contributed by atoms with van der Waals surface area (Å²) in [5.41, 5.74) is 4.11. The highest BCUT2D eigenvalue weighted by Gasteiger charge is 2.20. The highest BCUT2D eigenvalue weighted by molar-refractivity contribution is 7.09. The number of fused-ring (bicyclic) bond motifs is 1. The summed E-state index contributed by atoms with van der Waals surface area (Å²) in [4.78, 5) is 19.0. The predicted molar refractivity (Wildman–Crippen MR) is 101 cm³/mol. The van der Waals surface area contributed by atoms with Crippen LogP contribution in [0.15, 0.2) is 54.2 Å². The molecule has 27 heavy (non-hydrogen) atoms. The van der Waals surface area contributed by atoms with Crippen molar-refractivity contribution in [1.82, 2.24) is 30.4 Å². The lowest BCUT2D eigenvalue weighted by atomic mass is 10.1. The Morgan fingerprint density at radius 2 is 2.30 bits per heavy atom. The highest BCUT2D eigenvalue weighted by Crippen LogP contribution is 2.26. The molecule has 136 valence electrons. The third kappa shape index (κ3) is 3.78. The Hall–Kier alpha value is -3.30. The smallest absolute Gasteiger partial charge is 0.267 e. The fourth-order valence-corrected chi connectivity index (χ4v) is 3.51. The van der Waals surface area contributed by atoms with Crippen LogP contribution >= 0.6 is 11.3 Å². The van der Waals surface area contributed by atoms with E-state index in [1.165, 1.54) is 12.2 Å². The van der Waals surface area contributed by atoms with Gasteiger partial charge in [-0.2, -0.15) is 0 Å². The molecule has 4 rings (SSSR count). The van der Waals surface area contributed by atoms with Crippen LogP contribution in [0.1, 0.15) is 22.4 Å². The molecule has 0 saturated heterocycles. The molecule has 0 aliphatic rings. The molecule has 1 atom stereocenters. The number of rotatable bonds is 6. The topological polar surface area (TPSA) is 109 Å². The molecule has 3 heterocycles. The van der Waals surface area contributed by atoms with Gasteiger partial charge in [0.2, 0.25) is 0 Å². The van der Waals surface area contributed by atoms with Crippen LogP contribution in [0, 0.1) is 0 Å². The number of aromatic amines is 1. The van der Waals surface area contributed by atoms with Crippen molar-refractivity contribution in [3.05, 3.63) is 70.6 Å². The zero-order valence-corrected chi connectivity index (χ0v) is 14.9. The van der Waals surface area contributed by atoms with Gasteiger partial charge in [0.05, 0.1) is 17.2 Å². The standard InChI is InChI=1S/C18H16N6O2S/c25-17(22-26)6-5-13-11-24(23-21-13)16(10-18-19-7-8-27-18)15-9-12-3-1-2-4-14(12)20-15/h1-9,11,16,20,26H,10H2,(H,22,25)/b6-5+. The maximum atomic E-state index is 11.1. The summed E-state index contributed by atoms with van der Waals surface area (Å²) in [6.07, 6.45) is 6.87. The first-order valence-corrected chi connectivity index (χ1v) is 9.11. The largest absolute Gasteiger partial charge is 0.357 e. The average molecular weight is 380 g/mol. The van der Waals surface area contributed by atoms with Crippen molar-refractivity contribution in [2.45, 2.75) is 12.5 Å². The van der Waals surface area contributed by atoms with E-state index in [9.17, 15) is 4.79 Å². The molecule has 4 aromatic rings. The quantitative estimate of drug-likeness (QED) is 0.271. The van der Waals surface area contributed by atoms with Crippen molar-refractivity contribution < 1.29 is 10.0 Å². The van der Waals surface area contributed by atoms with E-state index < -0.39 is 5.91 Å². The first-order valence-electron chi connectivity index (χ1n) is 8.23. The number of nitrogens with zero attached hydrogens (tertiary/aromatic N) is 4. The molecule has 9 heteroatoms. The first kappa shape index (κ1) is 17.1. The number of H-pyrrole nitrogens is 1. The van der Waals surface area contributed by atoms with Crippen molar-refractivity contribution in [3.8, 4) is 0 Å². The fraction of sp³-hybridized carbons (Fsp3) is 0.111. The maximum Gasteiger partial charge on any atom is 0.267 e. The molecule has 0 fully saturated rings. The zero-order valence-electron chi connectivity index (χ0n) is 14.1. The number of carbonyl (C=O) groups is 1. The highest BCUT2D eigenvalue weighted by atomic mass is 32.1. The Bertz CT molecular complexity index is 1050. The van der Waals surface area contributed by atoms with E-state index in [4.69, 9.17) is 5.21 Å². The third-order valence-electron chi connectivity index (χ3n) is 4.12. The number of carbonyl (C=O) groups excluding carboxylic acids is 1. The molecule has 0 aliphatic carbocycles. The molecule has 1 aromatic carbocycles. The number of hydrogen-bond donors (Lipinski definition) is 3. The van der Waals surface area contributed by atoms with Gasteiger partial charge in [0, 0.05) is 35.3 Å². The summed E-state index contributed by atoms with van der Waals surface area (Å²) in [5.74, 6) is -0.625. The SMILES string of the molecule is O=C(/C=C/c1cn(C(Cc2nccs2)c2cc3ccccc3[nH]2)nn1)NO. The summed E-state index contributed by atoms with van der Waals surface area (Å²) in [7, 11) is 0. The Morgan fingerprint density at radius 1 is 1.41 bits per heavy atom. The second kappa shape index (κ2) is 7.52. The fourth-order valence-electron chi connectivity index (χ4n) is 2.86. The van der Waals surface area contributed by atoms with Crippen molar-refractivity contribution in [2.24, 2.45) is 0 Å². The lowest BCUT2D eigenvalue weighted by Gasteiger charge is -2.14. The number of benzene rings is 1. The van der Waals surface area contributed by atoms with Gasteiger partial charge in [0.25, 0.3) is 5.91 Å². The number of aromatic nitrogens is 5. The molecule has 0 saturated carbocycles. The second-order valence-corrected chi connectivity index (χ2v) is 6.87. The van der Waals surface area contributed by atoms with E-state index in [-0.39, 0.29) is 6.04 Å². The minimum absolute atomic E-state index is 0.120. The van der Waals surface area contributed by atoms with E-state index in [1.807, 2.05) is 23.6 Å². The Labute approximate surface area is 158 Å². The van der Waals surface area contributed by atoms with E-state index >= 15 is 0 Å². The molecule has 3 N–H and O–H groups in total. The van der Waals surface area contributed by atoms with Gasteiger partial charge >= 0.3 is 0 Å². The molecule has 8 nitrogen and oxygen atoms in total. The third-order valence-corrected chi connectivity index (χ3v) is 4.93. The van der Waals surface area contributed by atoms with E-state index in [0.717, 1.165) is 21.6 Å². The zero-order chi connectivity index (χ0) is 18.6. The van der Waals surface area contributed by atoms with Crippen LogP contribution in [0.2, 0.25) is 0 Å². The van der Waals surface area contributed by atoms with Crippen LogP contribution in [0.3, 0.4) is 0 Å². The van der Waals surface area contributed by atoms with Crippen molar-refractivity contribution in [1.29, 1.82) is 0 Å². The molecular weight excluding hydrogens is 364 g/mol. The minimum atomic E-state index is -0.625. The number of nitrogens with one attached hydrogen (secondary N) is 2. The lowest BCUT2D eigenvalue weighted by Crippen LogP contribution is -2.15. The second-order valence-electron chi connectivity index (χ2n) is 5.89. The molecular formula is C18H16N6O2S. The molecule has 3 aromatic heterocycles. The van der Waals surface area contributed by atoms with Crippen LogP contribution < -0.4 is 5.48 Å². The summed E-state index contributed by atoms with van der Waals surface area (Å²) in [6.45, 7) is 0. The molecule has 1 unspecified atom stereocenters. The predicted octanol–water partition coefficient (Wildman–Crippen LogP) is 2.57. The summed E-state index contributed by atoms with van der Waals surface area (Å²) in [5, 5.41) is 20.9. The average Bonchev–Trinajstić information content (AvgIpc) is 3.44. The molecule has 1 amide bonds. The Kier molecular flexibility index (Phi) is 4.77. The molecule has 0 spiro atoms. The summed E-state index contributed by atoms with van der Waals surface area (Å²) >= 11 is 1.59. The maximum absolute atomic E-state index is 11.1. The van der Waals surface area contributed by atoms with Gasteiger partial charge in [0.1, 0.15) is 5.69 Å². The van der Waals surface area contributed by atoms with Gasteiger partial charge in [-0.1, -0.05) is 23.4 Å². The van der Waals surface area contributed by atoms with Gasteiger partial charge in [-0.3, -0.25) is 10.0 Å². The van der Waals surface area contributed by atoms with Crippen LogP contribution in [0.5, 0.6) is 0 Å². The van der Waals surface area contributed by atoms with Crippen LogP contribution in [-0.4, -0.2) is 36.1 Å². The lowest BCUT2D eigenvalue weighted by molar-refractivity contribution is -0.124. The Balaban J connectivity index is 1.69. The van der Waals surface area contributed by atoms with Gasteiger partial charge < -0.3 is 4.98 Å². The Morgan fingerprint density at radius 3 is 3.07 bits per heavy atom. The number of hydrogen-bond acceptors (Lipinski definition) is 6. The summed E-state index contributed by atoms with van der Waals surface area (Å²) in [6, 6.07) is 10.1. The van der Waals surface area contributed by atoms with Gasteiger partial charge in [-0.25, -0.2) is 15.1 Å². The van der Waals surface area contributed by atoms with Gasteiger partial charge in [0.15, 0.2) is 0 Å². The number of amides is 1. The molecule has 0 aliphatic heterocycles. The van der Waals surface area contributed by atoms with Crippen LogP contribution in [0.25, 0.3) is 17.0 Å². The molecule has 0 bridgehead atoms. The van der Waals surface area contributed by atoms with Crippen molar-refractivity contribution in [2.75, 3.05) is 0 Å². The number of thiazole rings is 1. The number of para-hydroxylation sites is 1. The van der Waals surface area contributed by atoms with Crippen molar-refractivity contribution in [3.63, 3.8) is 0 Å². The first-order chi connectivity index (χ1) is 13.2. The summed E-state index contributed by atoms with van der Waals surface area (Å²) < 4.78 is 1.75. The number of hydroxylamine groups is 1.